The number of aliphatic hydroxyl groups is 1. The molecule has 2 aromatic heterocycles. The largest absolute Gasteiger partial charge is 0.486 e. The zero-order chi connectivity index (χ0) is 30.2. The number of sulfonamides is 1. The second-order valence-electron chi connectivity index (χ2n) is 10.5. The maximum atomic E-state index is 13.7. The number of aryl methyl sites for hydroxylation is 4. The monoisotopic (exact) mass is 588 g/mol. The van der Waals surface area contributed by atoms with E-state index < -0.39 is 28.1 Å². The molecule has 2 amide bonds. The molecular weight excluding hydrogens is 552 g/mol. The molecule has 0 fully saturated rings. The van der Waals surface area contributed by atoms with Crippen molar-refractivity contribution in [3.63, 3.8) is 0 Å². The summed E-state index contributed by atoms with van der Waals surface area (Å²) >= 11 is 0. The Morgan fingerprint density at radius 3 is 2.59 bits per heavy atom. The van der Waals surface area contributed by atoms with E-state index in [2.05, 4.69) is 15.6 Å². The quantitative estimate of drug-likeness (QED) is 0.402. The van der Waals surface area contributed by atoms with Crippen LogP contribution in [0.25, 0.3) is 0 Å². The Morgan fingerprint density at radius 2 is 2.00 bits per heavy atom. The predicted octanol–water partition coefficient (Wildman–Crippen LogP) is 2.13. The van der Waals surface area contributed by atoms with Crippen molar-refractivity contribution in [2.24, 2.45) is 13.0 Å². The van der Waals surface area contributed by atoms with Gasteiger partial charge in [0.1, 0.15) is 22.4 Å². The molecule has 0 aliphatic carbocycles. The summed E-state index contributed by atoms with van der Waals surface area (Å²) in [5, 5.41) is 20.7. The summed E-state index contributed by atoms with van der Waals surface area (Å²) in [6.07, 6.45) is -0.743. The van der Waals surface area contributed by atoms with Crippen LogP contribution in [0.3, 0.4) is 0 Å². The molecule has 1 aliphatic rings. The second-order valence-corrected chi connectivity index (χ2v) is 12.5. The van der Waals surface area contributed by atoms with Crippen LogP contribution in [-0.2, 0) is 17.1 Å². The number of hydrogen-bond acceptors (Lipinski definition) is 9. The second kappa shape index (κ2) is 11.6. The molecule has 3 aromatic rings. The van der Waals surface area contributed by atoms with E-state index in [0.717, 1.165) is 0 Å². The molecule has 3 atom stereocenters. The molecule has 1 aliphatic heterocycles. The van der Waals surface area contributed by atoms with Crippen molar-refractivity contribution in [1.82, 2.24) is 24.1 Å². The fourth-order valence-electron chi connectivity index (χ4n) is 4.92. The molecule has 2 N–H and O–H groups in total. The van der Waals surface area contributed by atoms with Gasteiger partial charge in [0.25, 0.3) is 11.8 Å². The lowest BCUT2D eigenvalue weighted by atomic mass is 9.99. The Kier molecular flexibility index (Phi) is 8.57. The molecule has 41 heavy (non-hydrogen) atoms. The maximum Gasteiger partial charge on any atom is 0.274 e. The van der Waals surface area contributed by atoms with E-state index in [9.17, 15) is 23.1 Å². The third-order valence-electron chi connectivity index (χ3n) is 7.25. The minimum atomic E-state index is -3.99. The summed E-state index contributed by atoms with van der Waals surface area (Å²) in [5.41, 5.74) is 1.64. The smallest absolute Gasteiger partial charge is 0.274 e. The summed E-state index contributed by atoms with van der Waals surface area (Å²) in [4.78, 5) is 28.4. The zero-order valence-corrected chi connectivity index (χ0v) is 25.0. The van der Waals surface area contributed by atoms with Crippen LogP contribution in [0.15, 0.2) is 33.7 Å². The lowest BCUT2D eigenvalue weighted by Crippen LogP contribution is -2.50. The molecule has 0 saturated heterocycles. The highest BCUT2D eigenvalue weighted by molar-refractivity contribution is 7.89. The molecular formula is C27H36N6O7S. The van der Waals surface area contributed by atoms with E-state index in [1.54, 1.807) is 52.1 Å². The Hall–Kier alpha value is -3.75. The van der Waals surface area contributed by atoms with Gasteiger partial charge in [-0.05, 0) is 45.9 Å². The highest BCUT2D eigenvalue weighted by Crippen LogP contribution is 2.35. The van der Waals surface area contributed by atoms with E-state index in [1.165, 1.54) is 27.9 Å². The van der Waals surface area contributed by atoms with E-state index in [0.29, 0.717) is 11.4 Å². The molecule has 3 heterocycles. The maximum absolute atomic E-state index is 13.7. The number of ether oxygens (including phenoxy) is 1. The van der Waals surface area contributed by atoms with Crippen molar-refractivity contribution in [2.45, 2.75) is 51.7 Å². The fourth-order valence-corrected chi connectivity index (χ4v) is 6.39. The van der Waals surface area contributed by atoms with Gasteiger partial charge in [0.2, 0.25) is 10.0 Å². The van der Waals surface area contributed by atoms with Gasteiger partial charge < -0.3 is 24.6 Å². The number of para-hydroxylation sites is 1. The number of carbonyl (C=O) groups is 2. The van der Waals surface area contributed by atoms with Gasteiger partial charge >= 0.3 is 0 Å². The fraction of sp³-hybridized carbons (Fsp3) is 0.481. The summed E-state index contributed by atoms with van der Waals surface area (Å²) in [6.45, 7) is 8.29. The predicted molar refractivity (Wildman–Crippen MR) is 149 cm³/mol. The molecule has 1 aromatic carbocycles. The summed E-state index contributed by atoms with van der Waals surface area (Å²) < 4.78 is 41.1. The molecule has 13 nitrogen and oxygen atoms in total. The first kappa shape index (κ1) is 30.2. The molecule has 222 valence electrons. The first-order chi connectivity index (χ1) is 19.3. The Labute approximate surface area is 239 Å². The summed E-state index contributed by atoms with van der Waals surface area (Å²) in [5.74, 6) is -0.916. The van der Waals surface area contributed by atoms with Crippen LogP contribution in [-0.4, -0.2) is 88.4 Å². The van der Waals surface area contributed by atoms with E-state index in [-0.39, 0.29) is 64.9 Å². The van der Waals surface area contributed by atoms with Gasteiger partial charge in [-0.2, -0.15) is 9.40 Å². The SMILES string of the molecule is Cc1cc(C(=O)Nc2cccc3c2O[C@H](CN(C)S(=O)(=O)c2c(C)noc2C)[C@H](C)CN([C@@H](C)CO)C3=O)n(C)n1. The third kappa shape index (κ3) is 5.85. The number of carbonyl (C=O) groups excluding carboxylic acids is 2. The van der Waals surface area contributed by atoms with Crippen molar-refractivity contribution < 1.29 is 32.4 Å². The highest BCUT2D eigenvalue weighted by atomic mass is 32.2. The van der Waals surface area contributed by atoms with Gasteiger partial charge in [0.15, 0.2) is 11.5 Å². The van der Waals surface area contributed by atoms with Gasteiger partial charge in [-0.3, -0.25) is 14.3 Å². The van der Waals surface area contributed by atoms with Crippen molar-refractivity contribution in [3.05, 3.63) is 52.7 Å². The average molecular weight is 589 g/mol. The van der Waals surface area contributed by atoms with Crippen molar-refractivity contribution in [2.75, 3.05) is 32.1 Å². The minimum absolute atomic E-state index is 0.0102. The number of likely N-dealkylation sites (N-methyl/N-ethyl adjacent to an activating group) is 1. The van der Waals surface area contributed by atoms with Crippen LogP contribution < -0.4 is 10.1 Å². The number of hydrogen-bond donors (Lipinski definition) is 2. The number of benzene rings is 1. The van der Waals surface area contributed by atoms with E-state index in [1.807, 2.05) is 6.92 Å². The number of aliphatic hydroxyl groups excluding tert-OH is 1. The summed E-state index contributed by atoms with van der Waals surface area (Å²) in [7, 11) is -0.903. The standard InChI is InChI=1S/C27H36N6O7S/c1-15-12-33(17(3)14-34)27(36)20-9-8-10-21(28-26(35)22-11-16(2)29-32(22)7)24(20)39-23(15)13-31(6)41(37,38)25-18(4)30-40-19(25)5/h8-11,15,17,23,34H,12-14H2,1-7H3,(H,28,35)/t15-,17+,23-/m1/s1. The Morgan fingerprint density at radius 1 is 1.29 bits per heavy atom. The highest BCUT2D eigenvalue weighted by Gasteiger charge is 2.37. The minimum Gasteiger partial charge on any atom is -0.486 e. The van der Waals surface area contributed by atoms with Crippen molar-refractivity contribution >= 4 is 27.5 Å². The summed E-state index contributed by atoms with van der Waals surface area (Å²) in [6, 6.07) is 5.94. The van der Waals surface area contributed by atoms with Crippen LogP contribution >= 0.6 is 0 Å². The Bertz CT molecular complexity index is 1540. The number of fused-ring (bicyclic) bond motifs is 1. The zero-order valence-electron chi connectivity index (χ0n) is 24.2. The molecule has 0 radical (unpaired) electrons. The number of nitrogens with one attached hydrogen (secondary N) is 1. The molecule has 0 spiro atoms. The van der Waals surface area contributed by atoms with Crippen LogP contribution in [0.1, 0.15) is 51.8 Å². The third-order valence-corrected chi connectivity index (χ3v) is 9.32. The molecule has 4 rings (SSSR count). The lowest BCUT2D eigenvalue weighted by Gasteiger charge is -2.38. The van der Waals surface area contributed by atoms with E-state index >= 15 is 0 Å². The van der Waals surface area contributed by atoms with E-state index in [4.69, 9.17) is 9.26 Å². The van der Waals surface area contributed by atoms with Crippen molar-refractivity contribution in [1.29, 1.82) is 0 Å². The molecule has 14 heteroatoms. The Balaban J connectivity index is 1.75. The molecule has 0 bridgehead atoms. The van der Waals surface area contributed by atoms with Gasteiger partial charge in [0, 0.05) is 26.6 Å². The molecule has 0 saturated carbocycles. The van der Waals surface area contributed by atoms with Crippen molar-refractivity contribution in [3.8, 4) is 5.75 Å². The van der Waals surface area contributed by atoms with Crippen LogP contribution in [0.2, 0.25) is 0 Å². The van der Waals surface area contributed by atoms with Crippen LogP contribution in [0.4, 0.5) is 5.69 Å². The number of rotatable bonds is 8. The van der Waals surface area contributed by atoms with Gasteiger partial charge in [0.05, 0.1) is 36.1 Å². The average Bonchev–Trinajstić information content (AvgIpc) is 3.45. The number of aromatic nitrogens is 3. The van der Waals surface area contributed by atoms with Crippen LogP contribution in [0, 0.1) is 26.7 Å². The number of anilines is 1. The van der Waals surface area contributed by atoms with Crippen LogP contribution in [0.5, 0.6) is 5.75 Å². The van der Waals surface area contributed by atoms with Gasteiger partial charge in [-0.25, -0.2) is 8.42 Å². The normalized spacial score (nSPS) is 18.5. The topological polar surface area (TPSA) is 160 Å². The molecule has 0 unspecified atom stereocenters. The first-order valence-electron chi connectivity index (χ1n) is 13.2. The lowest BCUT2D eigenvalue weighted by molar-refractivity contribution is 0.0388. The first-order valence-corrected chi connectivity index (χ1v) is 14.6. The van der Waals surface area contributed by atoms with Gasteiger partial charge in [-0.1, -0.05) is 18.1 Å². The van der Waals surface area contributed by atoms with Gasteiger partial charge in [-0.15, -0.1) is 0 Å². The number of amides is 2. The number of nitrogens with zero attached hydrogens (tertiary/aromatic N) is 5.